The molecule has 0 aliphatic rings. The molecule has 1 aromatic carbocycles. The number of methoxy groups -OCH3 is 1. The number of thioether (sulfide) groups is 1. The number of carbonyl (C=O) groups is 1. The maximum atomic E-state index is 10.8. The number of nitrogens with two attached hydrogens (primary N) is 1. The first-order chi connectivity index (χ1) is 7.72. The summed E-state index contributed by atoms with van der Waals surface area (Å²) >= 11 is 1.82. The number of hydrogen-bond acceptors (Lipinski definition) is 4. The van der Waals surface area contributed by atoms with Gasteiger partial charge in [0.25, 0.3) is 0 Å². The number of carbonyl (C=O) groups excluding carboxylic acids is 1. The fourth-order valence-electron chi connectivity index (χ4n) is 1.22. The second-order valence-corrected chi connectivity index (χ2v) is 4.58. The monoisotopic (exact) mass is 239 g/mol. The number of benzene rings is 1. The molecule has 0 aromatic heterocycles. The van der Waals surface area contributed by atoms with Gasteiger partial charge < -0.3 is 10.5 Å². The van der Waals surface area contributed by atoms with Gasteiger partial charge in [-0.05, 0) is 29.9 Å². The van der Waals surface area contributed by atoms with Crippen molar-refractivity contribution in [3.8, 4) is 0 Å². The van der Waals surface area contributed by atoms with Crippen molar-refractivity contribution < 1.29 is 9.53 Å². The van der Waals surface area contributed by atoms with Gasteiger partial charge in [-0.25, -0.2) is 0 Å². The van der Waals surface area contributed by atoms with Crippen LogP contribution in [0, 0.1) is 0 Å². The standard InChI is InChI=1S/C12H17NO2S/c1-15-12(14)3-2-8-16-9-10-4-6-11(13)7-5-10/h4-7H,2-3,8-9,13H2,1H3. The second kappa shape index (κ2) is 7.17. The highest BCUT2D eigenvalue weighted by Crippen LogP contribution is 2.15. The van der Waals surface area contributed by atoms with Crippen molar-refractivity contribution in [3.05, 3.63) is 29.8 Å². The molecule has 88 valence electrons. The molecule has 0 spiro atoms. The van der Waals surface area contributed by atoms with Crippen molar-refractivity contribution in [3.63, 3.8) is 0 Å². The Morgan fingerprint density at radius 1 is 1.38 bits per heavy atom. The molecule has 0 amide bonds. The number of ether oxygens (including phenoxy) is 1. The molecule has 0 unspecified atom stereocenters. The summed E-state index contributed by atoms with van der Waals surface area (Å²) in [6.45, 7) is 0. The zero-order chi connectivity index (χ0) is 11.8. The highest BCUT2D eigenvalue weighted by atomic mass is 32.2. The molecular formula is C12H17NO2S. The molecular weight excluding hydrogens is 222 g/mol. The van der Waals surface area contributed by atoms with E-state index >= 15 is 0 Å². The van der Waals surface area contributed by atoms with Gasteiger partial charge in [-0.15, -0.1) is 0 Å². The minimum atomic E-state index is -0.131. The Balaban J connectivity index is 2.11. The van der Waals surface area contributed by atoms with Gasteiger partial charge in [-0.3, -0.25) is 4.79 Å². The minimum absolute atomic E-state index is 0.131. The minimum Gasteiger partial charge on any atom is -0.469 e. The summed E-state index contributed by atoms with van der Waals surface area (Å²) in [6.07, 6.45) is 1.37. The summed E-state index contributed by atoms with van der Waals surface area (Å²) in [5.74, 6) is 1.80. The smallest absolute Gasteiger partial charge is 0.305 e. The first-order valence-corrected chi connectivity index (χ1v) is 6.37. The Kier molecular flexibility index (Phi) is 5.78. The van der Waals surface area contributed by atoms with Gasteiger partial charge in [0, 0.05) is 17.9 Å². The number of rotatable bonds is 6. The topological polar surface area (TPSA) is 52.3 Å². The van der Waals surface area contributed by atoms with Gasteiger partial charge in [-0.2, -0.15) is 11.8 Å². The molecule has 2 N–H and O–H groups in total. The number of anilines is 1. The van der Waals surface area contributed by atoms with Crippen LogP contribution in [-0.2, 0) is 15.3 Å². The van der Waals surface area contributed by atoms with Crippen molar-refractivity contribution in [2.45, 2.75) is 18.6 Å². The van der Waals surface area contributed by atoms with E-state index in [1.54, 1.807) is 0 Å². The van der Waals surface area contributed by atoms with Crippen LogP contribution in [0.25, 0.3) is 0 Å². The van der Waals surface area contributed by atoms with E-state index in [9.17, 15) is 4.79 Å². The van der Waals surface area contributed by atoms with Gasteiger partial charge >= 0.3 is 5.97 Å². The molecule has 0 aliphatic heterocycles. The first-order valence-electron chi connectivity index (χ1n) is 5.21. The summed E-state index contributed by atoms with van der Waals surface area (Å²) in [7, 11) is 1.42. The molecule has 0 fully saturated rings. The highest BCUT2D eigenvalue weighted by molar-refractivity contribution is 7.98. The maximum Gasteiger partial charge on any atom is 0.305 e. The van der Waals surface area contributed by atoms with E-state index in [1.165, 1.54) is 12.7 Å². The van der Waals surface area contributed by atoms with Crippen molar-refractivity contribution in [1.82, 2.24) is 0 Å². The van der Waals surface area contributed by atoms with E-state index in [1.807, 2.05) is 36.0 Å². The third-order valence-corrected chi connectivity index (χ3v) is 3.26. The third kappa shape index (κ3) is 5.07. The average molecular weight is 239 g/mol. The Bertz CT molecular complexity index is 324. The van der Waals surface area contributed by atoms with Crippen LogP contribution in [0.4, 0.5) is 5.69 Å². The fourth-order valence-corrected chi connectivity index (χ4v) is 2.15. The number of esters is 1. The van der Waals surface area contributed by atoms with E-state index in [0.29, 0.717) is 6.42 Å². The molecule has 16 heavy (non-hydrogen) atoms. The van der Waals surface area contributed by atoms with Crippen LogP contribution < -0.4 is 5.73 Å². The van der Waals surface area contributed by atoms with Crippen LogP contribution in [0.3, 0.4) is 0 Å². The van der Waals surface area contributed by atoms with Crippen molar-refractivity contribution in [1.29, 1.82) is 0 Å². The lowest BCUT2D eigenvalue weighted by Crippen LogP contribution is -2.00. The summed E-state index contributed by atoms with van der Waals surface area (Å²) in [6, 6.07) is 7.87. The predicted octanol–water partition coefficient (Wildman–Crippen LogP) is 2.46. The lowest BCUT2D eigenvalue weighted by molar-refractivity contribution is -0.140. The van der Waals surface area contributed by atoms with Crippen LogP contribution in [0.15, 0.2) is 24.3 Å². The number of nitrogen functional groups attached to an aromatic ring is 1. The zero-order valence-electron chi connectivity index (χ0n) is 9.44. The molecule has 4 heteroatoms. The molecule has 0 atom stereocenters. The third-order valence-electron chi connectivity index (χ3n) is 2.15. The first kappa shape index (κ1) is 12.9. The molecule has 1 aromatic rings. The van der Waals surface area contributed by atoms with Crippen molar-refractivity contribution in [2.24, 2.45) is 0 Å². The van der Waals surface area contributed by atoms with E-state index in [4.69, 9.17) is 5.73 Å². The number of hydrogen-bond donors (Lipinski definition) is 1. The van der Waals surface area contributed by atoms with Crippen molar-refractivity contribution in [2.75, 3.05) is 18.6 Å². The highest BCUT2D eigenvalue weighted by Gasteiger charge is 1.99. The molecule has 0 bridgehead atoms. The lowest BCUT2D eigenvalue weighted by Gasteiger charge is -2.02. The van der Waals surface area contributed by atoms with Gasteiger partial charge in [-0.1, -0.05) is 12.1 Å². The molecule has 0 saturated carbocycles. The molecule has 0 saturated heterocycles. The van der Waals surface area contributed by atoms with Gasteiger partial charge in [0.2, 0.25) is 0 Å². The molecule has 0 aliphatic carbocycles. The lowest BCUT2D eigenvalue weighted by atomic mass is 10.2. The van der Waals surface area contributed by atoms with Crippen LogP contribution >= 0.6 is 11.8 Å². The zero-order valence-corrected chi connectivity index (χ0v) is 10.3. The largest absolute Gasteiger partial charge is 0.469 e. The van der Waals surface area contributed by atoms with Crippen LogP contribution in [-0.4, -0.2) is 18.8 Å². The summed E-state index contributed by atoms with van der Waals surface area (Å²) in [5.41, 5.74) is 7.65. The maximum absolute atomic E-state index is 10.8. The molecule has 3 nitrogen and oxygen atoms in total. The second-order valence-electron chi connectivity index (χ2n) is 3.47. The van der Waals surface area contributed by atoms with Crippen LogP contribution in [0.5, 0.6) is 0 Å². The van der Waals surface area contributed by atoms with E-state index in [-0.39, 0.29) is 5.97 Å². The predicted molar refractivity (Wildman–Crippen MR) is 68.3 cm³/mol. The summed E-state index contributed by atoms with van der Waals surface area (Å²) in [4.78, 5) is 10.8. The molecule has 0 radical (unpaired) electrons. The normalized spacial score (nSPS) is 10.1. The summed E-state index contributed by atoms with van der Waals surface area (Å²) in [5, 5.41) is 0. The molecule has 1 rings (SSSR count). The van der Waals surface area contributed by atoms with Crippen LogP contribution in [0.2, 0.25) is 0 Å². The average Bonchev–Trinajstić information content (AvgIpc) is 2.31. The van der Waals surface area contributed by atoms with E-state index in [0.717, 1.165) is 23.6 Å². The summed E-state index contributed by atoms with van der Waals surface area (Å²) < 4.78 is 4.57. The fraction of sp³-hybridized carbons (Fsp3) is 0.417. The van der Waals surface area contributed by atoms with Crippen LogP contribution in [0.1, 0.15) is 18.4 Å². The van der Waals surface area contributed by atoms with E-state index < -0.39 is 0 Å². The van der Waals surface area contributed by atoms with Crippen molar-refractivity contribution >= 4 is 23.4 Å². The Morgan fingerprint density at radius 3 is 2.69 bits per heavy atom. The van der Waals surface area contributed by atoms with Gasteiger partial charge in [0.05, 0.1) is 7.11 Å². The SMILES string of the molecule is COC(=O)CCCSCc1ccc(N)cc1. The Labute approximate surface area is 100 Å². The quantitative estimate of drug-likeness (QED) is 0.470. The Hall–Kier alpha value is -1.16. The van der Waals surface area contributed by atoms with Gasteiger partial charge in [0.1, 0.15) is 0 Å². The Morgan fingerprint density at radius 2 is 2.06 bits per heavy atom. The van der Waals surface area contributed by atoms with E-state index in [2.05, 4.69) is 4.74 Å². The molecule has 0 heterocycles. The van der Waals surface area contributed by atoms with Gasteiger partial charge in [0.15, 0.2) is 0 Å².